The van der Waals surface area contributed by atoms with Crippen molar-refractivity contribution >= 4 is 16.9 Å². The van der Waals surface area contributed by atoms with Crippen molar-refractivity contribution < 1.29 is 9.15 Å². The summed E-state index contributed by atoms with van der Waals surface area (Å²) in [5.74, 6) is 0.949. The molecule has 1 aromatic carbocycles. The molecule has 0 radical (unpaired) electrons. The Bertz CT molecular complexity index is 1530. The largest absolute Gasteiger partial charge is 0.472 e. The monoisotopic (exact) mass is 454 g/mol. The summed E-state index contributed by atoms with van der Waals surface area (Å²) >= 11 is 0. The van der Waals surface area contributed by atoms with Crippen molar-refractivity contribution in [3.8, 4) is 28.3 Å². The van der Waals surface area contributed by atoms with Crippen LogP contribution < -0.4 is 10.5 Å². The van der Waals surface area contributed by atoms with Crippen molar-refractivity contribution in [1.29, 1.82) is 0 Å². The van der Waals surface area contributed by atoms with Crippen molar-refractivity contribution in [2.45, 2.75) is 6.92 Å². The molecule has 1 aliphatic heterocycles. The molecule has 9 nitrogen and oxygen atoms in total. The highest BCUT2D eigenvalue weighted by molar-refractivity contribution is 5.89. The van der Waals surface area contributed by atoms with Gasteiger partial charge >= 0.3 is 0 Å². The molecule has 170 valence electrons. The summed E-state index contributed by atoms with van der Waals surface area (Å²) in [4.78, 5) is 29.3. The number of rotatable bonds is 4. The Balaban J connectivity index is 1.52. The first-order valence-corrected chi connectivity index (χ1v) is 11.1. The Labute approximate surface area is 194 Å². The van der Waals surface area contributed by atoms with E-state index in [4.69, 9.17) is 19.1 Å². The van der Waals surface area contributed by atoms with Crippen molar-refractivity contribution in [1.82, 2.24) is 24.7 Å². The quantitative estimate of drug-likeness (QED) is 0.443. The second-order valence-electron chi connectivity index (χ2n) is 8.26. The number of nitrogens with one attached hydrogen (secondary N) is 1. The minimum atomic E-state index is -0.234. The lowest BCUT2D eigenvalue weighted by atomic mass is 10.1. The lowest BCUT2D eigenvalue weighted by molar-refractivity contribution is 0.122. The third-order valence-electron chi connectivity index (χ3n) is 5.92. The zero-order chi connectivity index (χ0) is 23.1. The number of hydrogen-bond acceptors (Lipinski definition) is 7. The number of aromatic nitrogens is 5. The van der Waals surface area contributed by atoms with Crippen LogP contribution in [0.15, 0.2) is 70.4 Å². The van der Waals surface area contributed by atoms with E-state index in [-0.39, 0.29) is 11.5 Å². The molecule has 0 spiro atoms. The van der Waals surface area contributed by atoms with Gasteiger partial charge in [0.2, 0.25) is 0 Å². The van der Waals surface area contributed by atoms with E-state index >= 15 is 0 Å². The topological polar surface area (TPSA) is 102 Å². The molecular formula is C25H22N6O3. The highest BCUT2D eigenvalue weighted by Crippen LogP contribution is 2.28. The van der Waals surface area contributed by atoms with Crippen LogP contribution in [0.5, 0.6) is 0 Å². The number of anilines is 1. The van der Waals surface area contributed by atoms with Crippen LogP contribution in [0.4, 0.5) is 5.82 Å². The van der Waals surface area contributed by atoms with Crippen molar-refractivity contribution in [2.75, 3.05) is 31.2 Å². The summed E-state index contributed by atoms with van der Waals surface area (Å²) in [5.41, 5.74) is 5.60. The van der Waals surface area contributed by atoms with Gasteiger partial charge in [0.05, 0.1) is 37.0 Å². The number of ether oxygens (including phenoxy) is 1. The van der Waals surface area contributed by atoms with Crippen molar-refractivity contribution in [2.24, 2.45) is 0 Å². The van der Waals surface area contributed by atoms with Crippen molar-refractivity contribution in [3.05, 3.63) is 77.1 Å². The third kappa shape index (κ3) is 3.65. The van der Waals surface area contributed by atoms with Crippen LogP contribution in [-0.2, 0) is 4.74 Å². The van der Waals surface area contributed by atoms with Gasteiger partial charge in [0.1, 0.15) is 5.52 Å². The number of benzene rings is 1. The van der Waals surface area contributed by atoms with Gasteiger partial charge in [-0.25, -0.2) is 4.98 Å². The number of morpholine rings is 1. The SMILES string of the molecule is Cc1cccc(-c2cc(=O)n(-c3nc(N4CCOCC4)c4ncc(-c5ccoc5)cc4n3)[nH]2)c1. The molecule has 0 unspecified atom stereocenters. The van der Waals surface area contributed by atoms with E-state index in [9.17, 15) is 4.79 Å². The average molecular weight is 454 g/mol. The summed E-state index contributed by atoms with van der Waals surface area (Å²) < 4.78 is 12.1. The Morgan fingerprint density at radius 1 is 1.00 bits per heavy atom. The molecule has 0 bridgehead atoms. The molecule has 5 heterocycles. The van der Waals surface area contributed by atoms with Gasteiger partial charge in [0.25, 0.3) is 11.5 Å². The first kappa shape index (κ1) is 20.4. The maximum absolute atomic E-state index is 13.0. The van der Waals surface area contributed by atoms with Gasteiger partial charge in [-0.05, 0) is 30.7 Å². The Kier molecular flexibility index (Phi) is 4.96. The number of aromatic amines is 1. The van der Waals surface area contributed by atoms with Crippen LogP contribution in [0.2, 0.25) is 0 Å². The third-order valence-corrected chi connectivity index (χ3v) is 5.92. The van der Waals surface area contributed by atoms with E-state index in [1.807, 2.05) is 43.3 Å². The van der Waals surface area contributed by atoms with Gasteiger partial charge in [-0.1, -0.05) is 23.8 Å². The summed E-state index contributed by atoms with van der Waals surface area (Å²) in [6.07, 6.45) is 5.07. The van der Waals surface area contributed by atoms with Gasteiger partial charge in [0, 0.05) is 36.5 Å². The number of fused-ring (bicyclic) bond motifs is 1. The summed E-state index contributed by atoms with van der Waals surface area (Å²) in [6, 6.07) is 13.4. The second kappa shape index (κ2) is 8.27. The minimum Gasteiger partial charge on any atom is -0.472 e. The second-order valence-corrected chi connectivity index (χ2v) is 8.26. The number of pyridine rings is 1. The first-order chi connectivity index (χ1) is 16.7. The molecule has 0 aliphatic carbocycles. The van der Waals surface area contributed by atoms with Crippen LogP contribution in [0.1, 0.15) is 5.56 Å². The summed E-state index contributed by atoms with van der Waals surface area (Å²) in [7, 11) is 0. The Hall–Kier alpha value is -4.24. The van der Waals surface area contributed by atoms with Crippen LogP contribution in [0.3, 0.4) is 0 Å². The number of aryl methyl sites for hydroxylation is 1. The van der Waals surface area contributed by atoms with E-state index in [2.05, 4.69) is 15.0 Å². The average Bonchev–Trinajstić information content (AvgIpc) is 3.54. The molecule has 0 saturated carbocycles. The van der Waals surface area contributed by atoms with Crippen LogP contribution in [0.25, 0.3) is 39.4 Å². The standard InChI is InChI=1S/C25H22N6O3/c1-16-3-2-4-17(11-16)20-13-22(32)31(29-20)25-27-21-12-19(18-5-8-34-15-18)14-26-23(21)24(28-25)30-6-9-33-10-7-30/h2-5,8,11-15,29H,6-7,9-10H2,1H3. The molecule has 5 aromatic rings. The first-order valence-electron chi connectivity index (χ1n) is 11.1. The molecule has 9 heteroatoms. The predicted octanol–water partition coefficient (Wildman–Crippen LogP) is 3.58. The Morgan fingerprint density at radius 2 is 1.88 bits per heavy atom. The molecule has 1 N–H and O–H groups in total. The van der Waals surface area contributed by atoms with Crippen LogP contribution >= 0.6 is 0 Å². The lowest BCUT2D eigenvalue weighted by Crippen LogP contribution is -2.37. The molecule has 0 amide bonds. The minimum absolute atomic E-state index is 0.234. The van der Waals surface area contributed by atoms with Gasteiger partial charge in [-0.3, -0.25) is 14.9 Å². The summed E-state index contributed by atoms with van der Waals surface area (Å²) in [6.45, 7) is 4.60. The zero-order valence-corrected chi connectivity index (χ0v) is 18.6. The summed E-state index contributed by atoms with van der Waals surface area (Å²) in [5, 5.41) is 3.18. The predicted molar refractivity (Wildman–Crippen MR) is 128 cm³/mol. The number of nitrogens with zero attached hydrogens (tertiary/aromatic N) is 5. The molecule has 6 rings (SSSR count). The zero-order valence-electron chi connectivity index (χ0n) is 18.6. The maximum atomic E-state index is 13.0. The smallest absolute Gasteiger partial charge is 0.274 e. The van der Waals surface area contributed by atoms with Crippen LogP contribution in [0, 0.1) is 6.92 Å². The molecule has 4 aromatic heterocycles. The van der Waals surface area contributed by atoms with Gasteiger partial charge in [-0.15, -0.1) is 0 Å². The normalized spacial score (nSPS) is 14.1. The molecular weight excluding hydrogens is 432 g/mol. The van der Waals surface area contributed by atoms with E-state index < -0.39 is 0 Å². The lowest BCUT2D eigenvalue weighted by Gasteiger charge is -2.28. The maximum Gasteiger partial charge on any atom is 0.274 e. The van der Waals surface area contributed by atoms with E-state index in [0.29, 0.717) is 48.8 Å². The van der Waals surface area contributed by atoms with Crippen LogP contribution in [-0.4, -0.2) is 51.0 Å². The van der Waals surface area contributed by atoms with E-state index in [1.54, 1.807) is 24.8 Å². The molecule has 1 aliphatic rings. The van der Waals surface area contributed by atoms with Gasteiger partial charge in [0.15, 0.2) is 5.82 Å². The fourth-order valence-electron chi connectivity index (χ4n) is 4.18. The fraction of sp³-hybridized carbons (Fsp3) is 0.200. The van der Waals surface area contributed by atoms with E-state index in [1.165, 1.54) is 4.68 Å². The van der Waals surface area contributed by atoms with Gasteiger partial charge in [-0.2, -0.15) is 9.67 Å². The Morgan fingerprint density at radius 3 is 2.68 bits per heavy atom. The molecule has 0 atom stereocenters. The van der Waals surface area contributed by atoms with Crippen molar-refractivity contribution in [3.63, 3.8) is 0 Å². The number of H-pyrrole nitrogens is 1. The molecule has 34 heavy (non-hydrogen) atoms. The fourth-order valence-corrected chi connectivity index (χ4v) is 4.18. The number of hydrogen-bond donors (Lipinski definition) is 1. The molecule has 1 fully saturated rings. The van der Waals surface area contributed by atoms with E-state index in [0.717, 1.165) is 22.3 Å². The number of furan rings is 1. The molecule has 1 saturated heterocycles. The van der Waals surface area contributed by atoms with Gasteiger partial charge < -0.3 is 14.1 Å². The highest BCUT2D eigenvalue weighted by atomic mass is 16.5. The highest BCUT2D eigenvalue weighted by Gasteiger charge is 2.21.